The van der Waals surface area contributed by atoms with Gasteiger partial charge in [-0.15, -0.1) is 0 Å². The molecule has 7 heteroatoms. The maximum atomic E-state index is 12.2. The van der Waals surface area contributed by atoms with Gasteiger partial charge in [0, 0.05) is 29.8 Å². The lowest BCUT2D eigenvalue weighted by Crippen LogP contribution is -2.28. The van der Waals surface area contributed by atoms with Crippen molar-refractivity contribution in [3.63, 3.8) is 0 Å². The molecule has 0 saturated carbocycles. The maximum Gasteiger partial charge on any atom is 0.319 e. The van der Waals surface area contributed by atoms with E-state index in [0.717, 1.165) is 35.4 Å². The van der Waals surface area contributed by atoms with Gasteiger partial charge in [0.1, 0.15) is 5.76 Å². The fourth-order valence-electron chi connectivity index (χ4n) is 2.80. The SMILES string of the molecule is CCc1noc(CC)c1CNC(=O)Nc1cccc(C2OCCO2)c1. The number of aryl methyl sites for hydroxylation is 2. The summed E-state index contributed by atoms with van der Waals surface area (Å²) in [4.78, 5) is 12.2. The average molecular weight is 345 g/mol. The summed E-state index contributed by atoms with van der Waals surface area (Å²) in [5.74, 6) is 0.815. The molecule has 1 aliphatic rings. The predicted octanol–water partition coefficient (Wildman–Crippen LogP) is 3.17. The molecule has 0 bridgehead atoms. The first-order valence-corrected chi connectivity index (χ1v) is 8.55. The van der Waals surface area contributed by atoms with Gasteiger partial charge in [0.2, 0.25) is 0 Å². The van der Waals surface area contributed by atoms with Crippen LogP contribution in [0.5, 0.6) is 0 Å². The first kappa shape index (κ1) is 17.4. The van der Waals surface area contributed by atoms with Crippen molar-refractivity contribution in [3.8, 4) is 0 Å². The minimum absolute atomic E-state index is 0.282. The number of aromatic nitrogens is 1. The molecule has 0 radical (unpaired) electrons. The van der Waals surface area contributed by atoms with Crippen LogP contribution in [0.3, 0.4) is 0 Å². The van der Waals surface area contributed by atoms with Gasteiger partial charge in [-0.3, -0.25) is 0 Å². The second-order valence-electron chi connectivity index (χ2n) is 5.74. The number of carbonyl (C=O) groups excluding carboxylic acids is 1. The van der Waals surface area contributed by atoms with Crippen LogP contribution in [0, 0.1) is 0 Å². The number of nitrogens with one attached hydrogen (secondary N) is 2. The molecule has 0 aliphatic carbocycles. The Balaban J connectivity index is 1.59. The molecule has 2 N–H and O–H groups in total. The molecule has 1 aliphatic heterocycles. The highest BCUT2D eigenvalue weighted by Crippen LogP contribution is 2.25. The van der Waals surface area contributed by atoms with Gasteiger partial charge in [0.15, 0.2) is 6.29 Å². The third-order valence-electron chi connectivity index (χ3n) is 4.07. The zero-order chi connectivity index (χ0) is 17.6. The van der Waals surface area contributed by atoms with Gasteiger partial charge in [-0.2, -0.15) is 0 Å². The molecule has 0 unspecified atom stereocenters. The Kier molecular flexibility index (Phi) is 5.67. The Morgan fingerprint density at radius 3 is 2.76 bits per heavy atom. The number of hydrogen-bond acceptors (Lipinski definition) is 5. The molecule has 1 aromatic heterocycles. The molecule has 1 fully saturated rings. The summed E-state index contributed by atoms with van der Waals surface area (Å²) in [5.41, 5.74) is 3.41. The van der Waals surface area contributed by atoms with Crippen molar-refractivity contribution in [2.45, 2.75) is 39.5 Å². The van der Waals surface area contributed by atoms with Crippen LogP contribution in [-0.4, -0.2) is 24.4 Å². The highest BCUT2D eigenvalue weighted by molar-refractivity contribution is 5.89. The first-order chi connectivity index (χ1) is 12.2. The fraction of sp³-hybridized carbons (Fsp3) is 0.444. The molecular weight excluding hydrogens is 322 g/mol. The second-order valence-corrected chi connectivity index (χ2v) is 5.74. The van der Waals surface area contributed by atoms with Gasteiger partial charge in [-0.05, 0) is 18.6 Å². The van der Waals surface area contributed by atoms with E-state index in [0.29, 0.717) is 25.4 Å². The molecule has 2 aromatic rings. The van der Waals surface area contributed by atoms with Crippen LogP contribution in [0.15, 0.2) is 28.8 Å². The third kappa shape index (κ3) is 4.18. The molecule has 7 nitrogen and oxygen atoms in total. The smallest absolute Gasteiger partial charge is 0.319 e. The Morgan fingerprint density at radius 2 is 2.04 bits per heavy atom. The molecule has 2 amide bonds. The fourth-order valence-corrected chi connectivity index (χ4v) is 2.80. The summed E-state index contributed by atoms with van der Waals surface area (Å²) in [6, 6.07) is 7.17. The van der Waals surface area contributed by atoms with Crippen LogP contribution >= 0.6 is 0 Å². The molecule has 3 rings (SSSR count). The summed E-state index contributed by atoms with van der Waals surface area (Å²) in [6.07, 6.45) is 1.15. The van der Waals surface area contributed by atoms with E-state index in [1.54, 1.807) is 0 Å². The van der Waals surface area contributed by atoms with Crippen molar-refractivity contribution in [2.75, 3.05) is 18.5 Å². The summed E-state index contributed by atoms with van der Waals surface area (Å²) in [5, 5.41) is 9.74. The van der Waals surface area contributed by atoms with Crippen LogP contribution in [0.25, 0.3) is 0 Å². The van der Waals surface area contributed by atoms with Crippen molar-refractivity contribution in [1.29, 1.82) is 0 Å². The lowest BCUT2D eigenvalue weighted by molar-refractivity contribution is -0.0440. The monoisotopic (exact) mass is 345 g/mol. The second kappa shape index (κ2) is 8.13. The van der Waals surface area contributed by atoms with E-state index in [2.05, 4.69) is 15.8 Å². The van der Waals surface area contributed by atoms with Gasteiger partial charge < -0.3 is 24.6 Å². The van der Waals surface area contributed by atoms with Gasteiger partial charge in [0.25, 0.3) is 0 Å². The van der Waals surface area contributed by atoms with E-state index in [1.807, 2.05) is 38.1 Å². The van der Waals surface area contributed by atoms with E-state index in [9.17, 15) is 4.79 Å². The Morgan fingerprint density at radius 1 is 1.24 bits per heavy atom. The minimum Gasteiger partial charge on any atom is -0.361 e. The van der Waals surface area contributed by atoms with Crippen molar-refractivity contribution in [2.24, 2.45) is 0 Å². The van der Waals surface area contributed by atoms with Crippen LogP contribution in [0.2, 0.25) is 0 Å². The molecular formula is C18H23N3O4. The lowest BCUT2D eigenvalue weighted by Gasteiger charge is -2.12. The number of rotatable bonds is 6. The van der Waals surface area contributed by atoms with Crippen molar-refractivity contribution >= 4 is 11.7 Å². The summed E-state index contributed by atoms with van der Waals surface area (Å²) in [7, 11) is 0. The van der Waals surface area contributed by atoms with Crippen LogP contribution in [0.1, 0.15) is 42.7 Å². The zero-order valence-electron chi connectivity index (χ0n) is 14.5. The normalized spacial score (nSPS) is 14.6. The highest BCUT2D eigenvalue weighted by Gasteiger charge is 2.19. The molecule has 2 heterocycles. The average Bonchev–Trinajstić information content (AvgIpc) is 3.29. The van der Waals surface area contributed by atoms with Crippen molar-refractivity contribution < 1.29 is 18.8 Å². The number of ether oxygens (including phenoxy) is 2. The summed E-state index contributed by atoms with van der Waals surface area (Å²) < 4.78 is 16.3. The molecule has 25 heavy (non-hydrogen) atoms. The molecule has 0 atom stereocenters. The van der Waals surface area contributed by atoms with Gasteiger partial charge in [0.05, 0.1) is 18.9 Å². The molecule has 0 spiro atoms. The van der Waals surface area contributed by atoms with E-state index in [4.69, 9.17) is 14.0 Å². The standard InChI is InChI=1S/C18H23N3O4/c1-3-15-14(16(4-2)25-21-15)11-19-18(22)20-13-7-5-6-12(10-13)17-23-8-9-24-17/h5-7,10,17H,3-4,8-9,11H2,1-2H3,(H2,19,20,22). The number of carbonyl (C=O) groups is 1. The quantitative estimate of drug-likeness (QED) is 0.840. The molecule has 1 saturated heterocycles. The number of urea groups is 1. The van der Waals surface area contributed by atoms with Crippen molar-refractivity contribution in [3.05, 3.63) is 46.8 Å². The van der Waals surface area contributed by atoms with Crippen LogP contribution in [-0.2, 0) is 28.9 Å². The first-order valence-electron chi connectivity index (χ1n) is 8.55. The van der Waals surface area contributed by atoms with Gasteiger partial charge in [-0.1, -0.05) is 31.1 Å². The summed E-state index contributed by atoms with van der Waals surface area (Å²) >= 11 is 0. The Labute approximate surface area is 146 Å². The number of anilines is 1. The highest BCUT2D eigenvalue weighted by atomic mass is 16.7. The molecule has 134 valence electrons. The van der Waals surface area contributed by atoms with Crippen LogP contribution < -0.4 is 10.6 Å². The van der Waals surface area contributed by atoms with E-state index >= 15 is 0 Å². The number of hydrogen-bond donors (Lipinski definition) is 2. The zero-order valence-corrected chi connectivity index (χ0v) is 14.5. The van der Waals surface area contributed by atoms with E-state index < -0.39 is 0 Å². The Hall–Kier alpha value is -2.38. The van der Waals surface area contributed by atoms with Crippen LogP contribution in [0.4, 0.5) is 10.5 Å². The van der Waals surface area contributed by atoms with Crippen molar-refractivity contribution in [1.82, 2.24) is 10.5 Å². The number of benzene rings is 1. The predicted molar refractivity (Wildman–Crippen MR) is 92.2 cm³/mol. The Bertz CT molecular complexity index is 701. The number of nitrogens with zero attached hydrogens (tertiary/aromatic N) is 1. The van der Waals surface area contributed by atoms with E-state index in [-0.39, 0.29) is 12.3 Å². The maximum absolute atomic E-state index is 12.2. The third-order valence-corrected chi connectivity index (χ3v) is 4.07. The molecule has 1 aromatic carbocycles. The van der Waals surface area contributed by atoms with Gasteiger partial charge in [-0.25, -0.2) is 4.79 Å². The summed E-state index contributed by atoms with van der Waals surface area (Å²) in [6.45, 7) is 5.57. The lowest BCUT2D eigenvalue weighted by atomic mass is 10.1. The van der Waals surface area contributed by atoms with Gasteiger partial charge >= 0.3 is 6.03 Å². The minimum atomic E-state index is -0.360. The topological polar surface area (TPSA) is 85.6 Å². The largest absolute Gasteiger partial charge is 0.361 e. The van der Waals surface area contributed by atoms with E-state index in [1.165, 1.54) is 0 Å². The number of amides is 2.